The van der Waals surface area contributed by atoms with Gasteiger partial charge in [0.15, 0.2) is 5.82 Å². The number of hydrogen-bond acceptors (Lipinski definition) is 2. The number of furan rings is 1. The Morgan fingerprint density at radius 2 is 1.66 bits per heavy atom. The molecule has 0 amide bonds. The Morgan fingerprint density at radius 3 is 2.39 bits per heavy atom. The maximum absolute atomic E-state index is 15.0. The smallest absolute Gasteiger partial charge is 0.216 e. The lowest BCUT2D eigenvalue weighted by Crippen LogP contribution is -2.33. The van der Waals surface area contributed by atoms with Gasteiger partial charge < -0.3 is 4.42 Å². The summed E-state index contributed by atoms with van der Waals surface area (Å²) in [4.78, 5) is 0. The molecule has 2 heterocycles. The van der Waals surface area contributed by atoms with E-state index < -0.39 is 0 Å². The molecule has 0 saturated heterocycles. The molecule has 4 heteroatoms. The van der Waals surface area contributed by atoms with E-state index in [2.05, 4.69) is 42.5 Å². The molecule has 0 atom stereocenters. The van der Waals surface area contributed by atoms with Crippen molar-refractivity contribution in [2.24, 2.45) is 7.05 Å². The van der Waals surface area contributed by atoms with Crippen LogP contribution in [0.3, 0.4) is 0 Å². The van der Waals surface area contributed by atoms with Gasteiger partial charge >= 0.3 is 0 Å². The number of aromatic nitrogens is 1. The van der Waals surface area contributed by atoms with E-state index in [4.69, 9.17) is 4.42 Å². The van der Waals surface area contributed by atoms with Crippen molar-refractivity contribution in [2.75, 3.05) is 0 Å². The van der Waals surface area contributed by atoms with Crippen LogP contribution in [0.5, 0.6) is 0 Å². The molecule has 0 radical (unpaired) electrons. The van der Waals surface area contributed by atoms with Gasteiger partial charge in [-0.15, -0.1) is 0 Å². The number of aryl methyl sites for hydroxylation is 2. The summed E-state index contributed by atoms with van der Waals surface area (Å²) in [6, 6.07) is 26.8. The van der Waals surface area contributed by atoms with Crippen molar-refractivity contribution >= 4 is 32.7 Å². The number of benzene rings is 4. The van der Waals surface area contributed by atoms with E-state index in [-0.39, 0.29) is 11.2 Å². The van der Waals surface area contributed by atoms with Crippen molar-refractivity contribution in [3.63, 3.8) is 0 Å². The number of halogens is 1. The maximum Gasteiger partial charge on any atom is 0.216 e. The van der Waals surface area contributed by atoms with E-state index in [1.165, 1.54) is 11.6 Å². The highest BCUT2D eigenvalue weighted by atomic mass is 19.1. The molecule has 0 aliphatic heterocycles. The average Bonchev–Trinajstić information content (AvgIpc) is 3.27. The second kappa shape index (κ2) is 8.53. The number of fused-ring (bicyclic) bond motifs is 4. The highest BCUT2D eigenvalue weighted by molar-refractivity contribution is 6.15. The topological polar surface area (TPSA) is 40.8 Å². The molecule has 0 fully saturated rings. The van der Waals surface area contributed by atoms with Gasteiger partial charge in [0.25, 0.3) is 0 Å². The number of rotatable bonds is 2. The quantitative estimate of drug-likeness (QED) is 0.224. The molecule has 0 aliphatic rings. The van der Waals surface area contributed by atoms with Crippen LogP contribution in [0.25, 0.3) is 55.1 Å². The third kappa shape index (κ3) is 3.66. The van der Waals surface area contributed by atoms with Gasteiger partial charge in [-0.3, -0.25) is 0 Å². The molecule has 0 saturated carbocycles. The van der Waals surface area contributed by atoms with Gasteiger partial charge in [-0.25, -0.2) is 4.39 Å². The summed E-state index contributed by atoms with van der Waals surface area (Å²) >= 11 is 0. The first-order valence-electron chi connectivity index (χ1n) is 12.8. The molecule has 6 aromatic rings. The Hall–Kier alpha value is -4.49. The minimum absolute atomic E-state index is 0.233. The van der Waals surface area contributed by atoms with Crippen molar-refractivity contribution in [1.82, 2.24) is 0 Å². The number of nitrogens with zero attached hydrogens (tertiary/aromatic N) is 2. The van der Waals surface area contributed by atoms with Crippen LogP contribution in [0.15, 0.2) is 83.4 Å². The molecular formula is C34H28FN2O+. The minimum Gasteiger partial charge on any atom is -0.454 e. The summed E-state index contributed by atoms with van der Waals surface area (Å²) in [5, 5.41) is 14.0. The van der Waals surface area contributed by atoms with E-state index in [9.17, 15) is 9.65 Å². The number of hydrogen-bond donors (Lipinski definition) is 0. The summed E-state index contributed by atoms with van der Waals surface area (Å²) in [7, 11) is 1.85. The Morgan fingerprint density at radius 1 is 0.895 bits per heavy atom. The summed E-state index contributed by atoms with van der Waals surface area (Å²) in [5.41, 5.74) is 6.98. The lowest BCUT2D eigenvalue weighted by molar-refractivity contribution is -0.662. The van der Waals surface area contributed by atoms with Crippen LogP contribution in [0.2, 0.25) is 0 Å². The molecule has 0 N–H and O–H groups in total. The Balaban J connectivity index is 1.70. The Kier molecular flexibility index (Phi) is 5.36. The first-order valence-corrected chi connectivity index (χ1v) is 12.8. The fraction of sp³-hybridized carbons (Fsp3) is 0.176. The number of nitriles is 1. The van der Waals surface area contributed by atoms with Gasteiger partial charge in [0, 0.05) is 28.0 Å². The van der Waals surface area contributed by atoms with Crippen molar-refractivity contribution in [1.29, 1.82) is 5.26 Å². The first-order chi connectivity index (χ1) is 18.2. The molecule has 0 spiro atoms. The van der Waals surface area contributed by atoms with Crippen molar-refractivity contribution in [3.05, 3.63) is 102 Å². The van der Waals surface area contributed by atoms with Crippen molar-refractivity contribution in [2.45, 2.75) is 33.1 Å². The van der Waals surface area contributed by atoms with Gasteiger partial charge in [-0.1, -0.05) is 69.3 Å². The Labute approximate surface area is 221 Å². The van der Waals surface area contributed by atoms with E-state index in [1.54, 1.807) is 0 Å². The van der Waals surface area contributed by atoms with Gasteiger partial charge in [-0.2, -0.15) is 9.83 Å². The number of pyridine rings is 1. The van der Waals surface area contributed by atoms with E-state index in [1.807, 2.05) is 75.7 Å². The largest absolute Gasteiger partial charge is 0.454 e. The summed E-state index contributed by atoms with van der Waals surface area (Å²) in [6.07, 6.45) is 1.54. The lowest BCUT2D eigenvalue weighted by Gasteiger charge is -2.19. The molecule has 2 aromatic heterocycles. The van der Waals surface area contributed by atoms with Crippen LogP contribution in [-0.2, 0) is 12.5 Å². The molecule has 0 bridgehead atoms. The third-order valence-electron chi connectivity index (χ3n) is 7.47. The van der Waals surface area contributed by atoms with E-state index >= 15 is 0 Å². The van der Waals surface area contributed by atoms with E-state index in [0.29, 0.717) is 22.3 Å². The minimum atomic E-state index is -0.361. The summed E-state index contributed by atoms with van der Waals surface area (Å²) < 4.78 is 23.5. The van der Waals surface area contributed by atoms with Crippen LogP contribution in [0.1, 0.15) is 37.5 Å². The molecule has 6 rings (SSSR count). The molecule has 3 nitrogen and oxygen atoms in total. The van der Waals surface area contributed by atoms with Crippen LogP contribution in [-0.4, -0.2) is 0 Å². The second-order valence-corrected chi connectivity index (χ2v) is 11.1. The average molecular weight is 500 g/mol. The van der Waals surface area contributed by atoms with Gasteiger partial charge in [0.1, 0.15) is 18.2 Å². The SMILES string of the molecule is Cc1ccc2c(oc3c(-c4ccc5ccccc5c4)ccc(C#N)c32)c1-c1cc(C(C)(C)C)c(F)c[n+]1C. The fourth-order valence-corrected chi connectivity index (χ4v) is 5.48. The first kappa shape index (κ1) is 23.9. The van der Waals surface area contributed by atoms with Crippen LogP contribution in [0.4, 0.5) is 4.39 Å². The monoisotopic (exact) mass is 499 g/mol. The molecular weight excluding hydrogens is 471 g/mol. The summed E-state index contributed by atoms with van der Waals surface area (Å²) in [6.45, 7) is 8.08. The molecule has 0 unspecified atom stereocenters. The normalized spacial score (nSPS) is 11.9. The molecule has 186 valence electrons. The summed E-state index contributed by atoms with van der Waals surface area (Å²) in [5.74, 6) is -0.233. The Bertz CT molecular complexity index is 1950. The zero-order valence-electron chi connectivity index (χ0n) is 22.2. The second-order valence-electron chi connectivity index (χ2n) is 11.1. The van der Waals surface area contributed by atoms with Crippen molar-refractivity contribution in [3.8, 4) is 28.5 Å². The van der Waals surface area contributed by atoms with E-state index in [0.717, 1.165) is 44.1 Å². The molecule has 0 aliphatic carbocycles. The molecule has 38 heavy (non-hydrogen) atoms. The highest BCUT2D eigenvalue weighted by Gasteiger charge is 2.28. The fourth-order valence-electron chi connectivity index (χ4n) is 5.48. The third-order valence-corrected chi connectivity index (χ3v) is 7.47. The standard InChI is InChI=1S/C34H28FN2O/c1-20-10-14-26-31-24(18-36)13-15-25(23-12-11-21-8-6-7-9-22(21)16-23)32(31)38-33(26)30(20)29-17-27(34(2,3)4)28(35)19-37(29)5/h6-17,19H,1-5H3/q+1. The molecule has 4 aromatic carbocycles. The lowest BCUT2D eigenvalue weighted by atomic mass is 9.86. The van der Waals surface area contributed by atoms with Gasteiger partial charge in [0.05, 0.1) is 17.2 Å². The van der Waals surface area contributed by atoms with Crippen LogP contribution < -0.4 is 4.57 Å². The van der Waals surface area contributed by atoms with Crippen LogP contribution >= 0.6 is 0 Å². The van der Waals surface area contributed by atoms with Gasteiger partial charge in [0.2, 0.25) is 11.9 Å². The maximum atomic E-state index is 15.0. The van der Waals surface area contributed by atoms with Crippen molar-refractivity contribution < 1.29 is 13.4 Å². The zero-order valence-corrected chi connectivity index (χ0v) is 22.2. The van der Waals surface area contributed by atoms with Crippen LogP contribution in [0, 0.1) is 24.1 Å². The predicted molar refractivity (Wildman–Crippen MR) is 151 cm³/mol. The highest BCUT2D eigenvalue weighted by Crippen LogP contribution is 2.43. The van der Waals surface area contributed by atoms with Gasteiger partial charge in [-0.05, 0) is 52.4 Å². The predicted octanol–water partition coefficient (Wildman–Crippen LogP) is 8.51. The zero-order chi connectivity index (χ0) is 26.8.